The van der Waals surface area contributed by atoms with Crippen LogP contribution in [0.1, 0.15) is 29.6 Å². The van der Waals surface area contributed by atoms with Gasteiger partial charge >= 0.3 is 0 Å². The zero-order valence-corrected chi connectivity index (χ0v) is 13.3. The molecule has 112 valence electrons. The lowest BCUT2D eigenvalue weighted by Gasteiger charge is -2.32. The van der Waals surface area contributed by atoms with Gasteiger partial charge < -0.3 is 10.2 Å². The van der Waals surface area contributed by atoms with Crippen molar-refractivity contribution in [3.63, 3.8) is 0 Å². The summed E-state index contributed by atoms with van der Waals surface area (Å²) in [4.78, 5) is 14.3. The van der Waals surface area contributed by atoms with Crippen molar-refractivity contribution in [2.75, 3.05) is 26.7 Å². The Labute approximate surface area is 132 Å². The highest BCUT2D eigenvalue weighted by atomic mass is 35.5. The molecule has 1 saturated heterocycles. The van der Waals surface area contributed by atoms with E-state index in [0.717, 1.165) is 38.4 Å². The fourth-order valence-electron chi connectivity index (χ4n) is 2.58. The van der Waals surface area contributed by atoms with Crippen molar-refractivity contribution in [2.24, 2.45) is 5.92 Å². The Bertz CT molecular complexity index is 432. The van der Waals surface area contributed by atoms with Gasteiger partial charge in [-0.15, -0.1) is 12.4 Å². The van der Waals surface area contributed by atoms with Crippen LogP contribution < -0.4 is 5.32 Å². The van der Waals surface area contributed by atoms with Crippen LogP contribution in [0.3, 0.4) is 0 Å². The molecule has 0 spiro atoms. The molecule has 1 aromatic carbocycles. The van der Waals surface area contributed by atoms with E-state index in [1.165, 1.54) is 6.42 Å². The van der Waals surface area contributed by atoms with E-state index in [1.54, 1.807) is 12.1 Å². The van der Waals surface area contributed by atoms with Gasteiger partial charge in [0.05, 0.1) is 0 Å². The number of piperidine rings is 1. The number of rotatable bonds is 4. The molecule has 5 heteroatoms. The van der Waals surface area contributed by atoms with E-state index >= 15 is 0 Å². The first-order valence-electron chi connectivity index (χ1n) is 6.90. The van der Waals surface area contributed by atoms with Crippen LogP contribution in [0.5, 0.6) is 0 Å². The molecule has 2 rings (SSSR count). The number of carbonyl (C=O) groups excluding carboxylic acids is 1. The molecule has 1 fully saturated rings. The second kappa shape index (κ2) is 8.50. The standard InChI is InChI=1S/C15H21ClN2O.ClH/c1-17-8-5-12-6-9-18(10-7-12)15(19)13-3-2-4-14(16)11-13;/h2-4,11-12,17H,5-10H2,1H3;1H. The molecule has 0 saturated carbocycles. The van der Waals surface area contributed by atoms with E-state index in [4.69, 9.17) is 11.6 Å². The fraction of sp³-hybridized carbons (Fsp3) is 0.533. The van der Waals surface area contributed by atoms with Gasteiger partial charge in [-0.1, -0.05) is 17.7 Å². The van der Waals surface area contributed by atoms with E-state index < -0.39 is 0 Å². The highest BCUT2D eigenvalue weighted by Gasteiger charge is 2.23. The fourth-order valence-corrected chi connectivity index (χ4v) is 2.77. The molecular weight excluding hydrogens is 295 g/mol. The van der Waals surface area contributed by atoms with Gasteiger partial charge in [0.2, 0.25) is 0 Å². The Morgan fingerprint density at radius 3 is 2.70 bits per heavy atom. The Balaban J connectivity index is 0.00000200. The summed E-state index contributed by atoms with van der Waals surface area (Å²) >= 11 is 5.93. The van der Waals surface area contributed by atoms with Crippen LogP contribution >= 0.6 is 24.0 Å². The SMILES string of the molecule is CNCCC1CCN(C(=O)c2cccc(Cl)c2)CC1.Cl. The van der Waals surface area contributed by atoms with Crippen molar-refractivity contribution >= 4 is 29.9 Å². The third-order valence-corrected chi connectivity index (χ3v) is 4.01. The number of hydrogen-bond acceptors (Lipinski definition) is 2. The maximum atomic E-state index is 12.3. The number of likely N-dealkylation sites (tertiary alicyclic amines) is 1. The van der Waals surface area contributed by atoms with Gasteiger partial charge in [0.15, 0.2) is 0 Å². The van der Waals surface area contributed by atoms with E-state index in [2.05, 4.69) is 5.32 Å². The number of nitrogens with one attached hydrogen (secondary N) is 1. The number of carbonyl (C=O) groups is 1. The molecular formula is C15H22Cl2N2O. The monoisotopic (exact) mass is 316 g/mol. The predicted octanol–water partition coefficient (Wildman–Crippen LogP) is 3.22. The molecule has 0 atom stereocenters. The van der Waals surface area contributed by atoms with Crippen molar-refractivity contribution in [1.29, 1.82) is 0 Å². The third kappa shape index (κ3) is 4.65. The van der Waals surface area contributed by atoms with Crippen LogP contribution in [0.4, 0.5) is 0 Å². The summed E-state index contributed by atoms with van der Waals surface area (Å²) in [5.41, 5.74) is 0.696. The van der Waals surface area contributed by atoms with Crippen LogP contribution in [-0.2, 0) is 0 Å². The number of hydrogen-bond donors (Lipinski definition) is 1. The van der Waals surface area contributed by atoms with Crippen molar-refractivity contribution in [2.45, 2.75) is 19.3 Å². The molecule has 1 amide bonds. The zero-order chi connectivity index (χ0) is 13.7. The van der Waals surface area contributed by atoms with Crippen LogP contribution in [0.2, 0.25) is 5.02 Å². The third-order valence-electron chi connectivity index (χ3n) is 3.78. The first kappa shape index (κ1) is 17.3. The van der Waals surface area contributed by atoms with Crippen LogP contribution in [-0.4, -0.2) is 37.5 Å². The van der Waals surface area contributed by atoms with Gasteiger partial charge in [0.25, 0.3) is 5.91 Å². The van der Waals surface area contributed by atoms with Crippen LogP contribution in [0, 0.1) is 5.92 Å². The summed E-state index contributed by atoms with van der Waals surface area (Å²) in [7, 11) is 1.98. The Kier molecular flexibility index (Phi) is 7.35. The summed E-state index contributed by atoms with van der Waals surface area (Å²) in [6.07, 6.45) is 3.41. The van der Waals surface area contributed by atoms with Crippen molar-refractivity contribution in [3.8, 4) is 0 Å². The van der Waals surface area contributed by atoms with E-state index in [9.17, 15) is 4.79 Å². The summed E-state index contributed by atoms with van der Waals surface area (Å²) < 4.78 is 0. The largest absolute Gasteiger partial charge is 0.339 e. The van der Waals surface area contributed by atoms with Gasteiger partial charge in [-0.3, -0.25) is 4.79 Å². The lowest BCUT2D eigenvalue weighted by atomic mass is 9.93. The lowest BCUT2D eigenvalue weighted by Crippen LogP contribution is -2.38. The second-order valence-electron chi connectivity index (χ2n) is 5.14. The molecule has 1 aliphatic heterocycles. The van der Waals surface area contributed by atoms with Gasteiger partial charge in [-0.05, 0) is 57.0 Å². The highest BCUT2D eigenvalue weighted by Crippen LogP contribution is 2.22. The van der Waals surface area contributed by atoms with Crippen molar-refractivity contribution < 1.29 is 4.79 Å². The smallest absolute Gasteiger partial charge is 0.253 e. The van der Waals surface area contributed by atoms with E-state index in [-0.39, 0.29) is 18.3 Å². The van der Waals surface area contributed by atoms with Gasteiger partial charge in [-0.25, -0.2) is 0 Å². The lowest BCUT2D eigenvalue weighted by molar-refractivity contribution is 0.0687. The minimum atomic E-state index is 0. The predicted molar refractivity (Wildman–Crippen MR) is 85.9 cm³/mol. The summed E-state index contributed by atoms with van der Waals surface area (Å²) in [6.45, 7) is 2.78. The first-order valence-corrected chi connectivity index (χ1v) is 7.28. The molecule has 0 unspecified atom stereocenters. The van der Waals surface area contributed by atoms with Gasteiger partial charge in [0, 0.05) is 23.7 Å². The Morgan fingerprint density at radius 1 is 1.40 bits per heavy atom. The maximum absolute atomic E-state index is 12.3. The molecule has 0 radical (unpaired) electrons. The van der Waals surface area contributed by atoms with Crippen LogP contribution in [0.15, 0.2) is 24.3 Å². The maximum Gasteiger partial charge on any atom is 0.253 e. The number of nitrogens with zero attached hydrogens (tertiary/aromatic N) is 1. The quantitative estimate of drug-likeness (QED) is 0.925. The Morgan fingerprint density at radius 2 is 2.10 bits per heavy atom. The summed E-state index contributed by atoms with van der Waals surface area (Å²) in [5, 5.41) is 3.81. The minimum Gasteiger partial charge on any atom is -0.339 e. The van der Waals surface area contributed by atoms with Gasteiger partial charge in [-0.2, -0.15) is 0 Å². The summed E-state index contributed by atoms with van der Waals surface area (Å²) in [5.74, 6) is 0.852. The average Bonchev–Trinajstić information content (AvgIpc) is 2.45. The molecule has 0 aliphatic carbocycles. The normalized spacial score (nSPS) is 15.8. The molecule has 1 N–H and O–H groups in total. The Hall–Kier alpha value is -0.770. The van der Waals surface area contributed by atoms with Gasteiger partial charge in [0.1, 0.15) is 0 Å². The molecule has 1 aromatic rings. The van der Waals surface area contributed by atoms with Crippen LogP contribution in [0.25, 0.3) is 0 Å². The number of halogens is 2. The van der Waals surface area contributed by atoms with Crippen molar-refractivity contribution in [3.05, 3.63) is 34.9 Å². The molecule has 0 bridgehead atoms. The average molecular weight is 317 g/mol. The van der Waals surface area contributed by atoms with E-state index in [0.29, 0.717) is 10.6 Å². The molecule has 3 nitrogen and oxygen atoms in total. The molecule has 20 heavy (non-hydrogen) atoms. The second-order valence-corrected chi connectivity index (χ2v) is 5.57. The highest BCUT2D eigenvalue weighted by molar-refractivity contribution is 6.30. The molecule has 1 aliphatic rings. The van der Waals surface area contributed by atoms with Crippen molar-refractivity contribution in [1.82, 2.24) is 10.2 Å². The topological polar surface area (TPSA) is 32.3 Å². The zero-order valence-electron chi connectivity index (χ0n) is 11.8. The summed E-state index contributed by atoms with van der Waals surface area (Å²) in [6, 6.07) is 7.20. The first-order chi connectivity index (χ1) is 9.20. The number of benzene rings is 1. The van der Waals surface area contributed by atoms with E-state index in [1.807, 2.05) is 24.1 Å². The number of amides is 1. The minimum absolute atomic E-state index is 0. The molecule has 1 heterocycles. The molecule has 0 aromatic heterocycles.